The Morgan fingerprint density at radius 2 is 1.58 bits per heavy atom. The van der Waals surface area contributed by atoms with E-state index < -0.39 is 18.0 Å². The lowest BCUT2D eigenvalue weighted by Crippen LogP contribution is -2.39. The lowest BCUT2D eigenvalue weighted by molar-refractivity contribution is -0.119. The van der Waals surface area contributed by atoms with Crippen LogP contribution in [0.4, 0.5) is 0 Å². The first-order valence-corrected chi connectivity index (χ1v) is 5.46. The molecule has 0 heterocycles. The van der Waals surface area contributed by atoms with E-state index in [-0.39, 0.29) is 0 Å². The maximum absolute atomic E-state index is 11.3. The molecule has 19 heavy (non-hydrogen) atoms. The van der Waals surface area contributed by atoms with Gasteiger partial charge in [0.05, 0.1) is 11.6 Å². The lowest BCUT2D eigenvalue weighted by atomic mass is 10.1. The highest BCUT2D eigenvalue weighted by Crippen LogP contribution is 2.11. The number of amides is 2. The molecule has 2 amide bonds. The molecule has 0 aliphatic carbocycles. The molecule has 0 fully saturated rings. The predicted molar refractivity (Wildman–Crippen MR) is 70.6 cm³/mol. The molecule has 0 aliphatic rings. The summed E-state index contributed by atoms with van der Waals surface area (Å²) in [7, 11) is 0. The number of carbonyl (C=O) groups excluding carboxylic acids is 2. The van der Waals surface area contributed by atoms with Gasteiger partial charge in [-0.3, -0.25) is 9.59 Å². The van der Waals surface area contributed by atoms with Gasteiger partial charge in [0.15, 0.2) is 0 Å². The van der Waals surface area contributed by atoms with Crippen molar-refractivity contribution in [2.24, 2.45) is 0 Å². The van der Waals surface area contributed by atoms with Crippen LogP contribution >= 0.6 is 0 Å². The normalized spacial score (nSPS) is 9.26. The summed E-state index contributed by atoms with van der Waals surface area (Å²) in [6.45, 7) is 6.69. The van der Waals surface area contributed by atoms with Crippen LogP contribution in [-0.4, -0.2) is 11.8 Å². The Bertz CT molecular complexity index is 519. The van der Waals surface area contributed by atoms with Gasteiger partial charge in [-0.1, -0.05) is 25.3 Å². The van der Waals surface area contributed by atoms with Crippen LogP contribution in [-0.2, 0) is 9.59 Å². The van der Waals surface area contributed by atoms with Crippen LogP contribution in [0.25, 0.3) is 0 Å². The van der Waals surface area contributed by atoms with Crippen LogP contribution in [0.1, 0.15) is 17.3 Å². The zero-order valence-electron chi connectivity index (χ0n) is 10.2. The topological polar surface area (TPSA) is 82.0 Å². The molecule has 1 rings (SSSR count). The summed E-state index contributed by atoms with van der Waals surface area (Å²) in [5.41, 5.74) is 1.14. The van der Waals surface area contributed by atoms with Crippen molar-refractivity contribution in [3.8, 4) is 6.07 Å². The lowest BCUT2D eigenvalue weighted by Gasteiger charge is -2.19. The molecule has 2 N–H and O–H groups in total. The second-order valence-corrected chi connectivity index (χ2v) is 3.59. The molecule has 5 heteroatoms. The standard InChI is InChI=1S/C14H13N3O2/c1-3-12(18)16-14(17-13(19)4-2)11-7-5-10(9-15)6-8-11/h3-8,14H,1-2H2,(H,16,18)(H,17,19). The van der Waals surface area contributed by atoms with Gasteiger partial charge in [0, 0.05) is 0 Å². The summed E-state index contributed by atoms with van der Waals surface area (Å²) in [5, 5.41) is 13.9. The number of carbonyl (C=O) groups is 2. The summed E-state index contributed by atoms with van der Waals surface area (Å²) in [6.07, 6.45) is 1.51. The molecular weight excluding hydrogens is 242 g/mol. The minimum Gasteiger partial charge on any atom is -0.328 e. The number of rotatable bonds is 5. The minimum atomic E-state index is -0.705. The number of nitrogens with one attached hydrogen (secondary N) is 2. The Morgan fingerprint density at radius 1 is 1.11 bits per heavy atom. The molecular formula is C14H13N3O2. The summed E-state index contributed by atoms with van der Waals surface area (Å²) in [6, 6.07) is 8.49. The van der Waals surface area contributed by atoms with Gasteiger partial charge in [0.2, 0.25) is 11.8 Å². The molecule has 96 valence electrons. The SMILES string of the molecule is C=CC(=O)NC(NC(=O)C=C)c1ccc(C#N)cc1. The van der Waals surface area contributed by atoms with Gasteiger partial charge >= 0.3 is 0 Å². The van der Waals surface area contributed by atoms with Crippen LogP contribution in [0.3, 0.4) is 0 Å². The van der Waals surface area contributed by atoms with Gasteiger partial charge < -0.3 is 10.6 Å². The molecule has 0 bridgehead atoms. The zero-order valence-corrected chi connectivity index (χ0v) is 10.2. The molecule has 0 atom stereocenters. The first-order valence-electron chi connectivity index (χ1n) is 5.46. The Hall–Kier alpha value is -2.87. The summed E-state index contributed by atoms with van der Waals surface area (Å²) in [4.78, 5) is 22.7. The van der Waals surface area contributed by atoms with Crippen molar-refractivity contribution in [1.82, 2.24) is 10.6 Å². The maximum atomic E-state index is 11.3. The Labute approximate surface area is 111 Å². The smallest absolute Gasteiger partial charge is 0.245 e. The Morgan fingerprint density at radius 3 is 1.95 bits per heavy atom. The average molecular weight is 255 g/mol. The highest BCUT2D eigenvalue weighted by molar-refractivity contribution is 5.89. The number of hydrogen-bond acceptors (Lipinski definition) is 3. The van der Waals surface area contributed by atoms with Crippen LogP contribution in [0, 0.1) is 11.3 Å². The Balaban J connectivity index is 2.96. The third-order valence-electron chi connectivity index (χ3n) is 2.32. The first kappa shape index (κ1) is 14.2. The van der Waals surface area contributed by atoms with E-state index in [1.54, 1.807) is 24.3 Å². The van der Waals surface area contributed by atoms with Gasteiger partial charge in [-0.05, 0) is 29.8 Å². The summed E-state index contributed by atoms with van der Waals surface area (Å²) >= 11 is 0. The van der Waals surface area contributed by atoms with Gasteiger partial charge in [0.1, 0.15) is 6.17 Å². The fourth-order valence-corrected chi connectivity index (χ4v) is 1.36. The van der Waals surface area contributed by atoms with Crippen molar-refractivity contribution in [3.05, 3.63) is 60.7 Å². The van der Waals surface area contributed by atoms with Crippen molar-refractivity contribution < 1.29 is 9.59 Å². The van der Waals surface area contributed by atoms with E-state index in [0.717, 1.165) is 12.2 Å². The van der Waals surface area contributed by atoms with E-state index in [1.807, 2.05) is 6.07 Å². The van der Waals surface area contributed by atoms with Crippen molar-refractivity contribution in [1.29, 1.82) is 5.26 Å². The zero-order chi connectivity index (χ0) is 14.3. The van der Waals surface area contributed by atoms with E-state index in [0.29, 0.717) is 11.1 Å². The van der Waals surface area contributed by atoms with Crippen LogP contribution in [0.2, 0.25) is 0 Å². The molecule has 1 aromatic rings. The van der Waals surface area contributed by atoms with E-state index in [4.69, 9.17) is 5.26 Å². The highest BCUT2D eigenvalue weighted by Gasteiger charge is 2.14. The number of benzene rings is 1. The van der Waals surface area contributed by atoms with Gasteiger partial charge in [0.25, 0.3) is 0 Å². The van der Waals surface area contributed by atoms with Crippen molar-refractivity contribution in [2.45, 2.75) is 6.17 Å². The molecule has 1 aromatic carbocycles. The molecule has 0 unspecified atom stereocenters. The summed E-state index contributed by atoms with van der Waals surface area (Å²) < 4.78 is 0. The molecule has 0 spiro atoms. The fourth-order valence-electron chi connectivity index (χ4n) is 1.36. The first-order chi connectivity index (χ1) is 9.10. The minimum absolute atomic E-state index is 0.418. The largest absolute Gasteiger partial charge is 0.328 e. The van der Waals surface area contributed by atoms with Crippen LogP contribution in [0.5, 0.6) is 0 Å². The Kier molecular flexibility index (Phi) is 5.05. The molecule has 0 saturated heterocycles. The van der Waals surface area contributed by atoms with Crippen LogP contribution in [0.15, 0.2) is 49.6 Å². The molecule has 5 nitrogen and oxygen atoms in total. The number of hydrogen-bond donors (Lipinski definition) is 2. The predicted octanol–water partition coefficient (Wildman–Crippen LogP) is 1.16. The molecule has 0 aromatic heterocycles. The van der Waals surface area contributed by atoms with Crippen LogP contribution < -0.4 is 10.6 Å². The maximum Gasteiger partial charge on any atom is 0.245 e. The molecule has 0 aliphatic heterocycles. The quantitative estimate of drug-likeness (QED) is 0.612. The van der Waals surface area contributed by atoms with E-state index >= 15 is 0 Å². The average Bonchev–Trinajstić information content (AvgIpc) is 2.46. The van der Waals surface area contributed by atoms with E-state index in [2.05, 4.69) is 23.8 Å². The van der Waals surface area contributed by atoms with Gasteiger partial charge in [-0.25, -0.2) is 0 Å². The van der Waals surface area contributed by atoms with Gasteiger partial charge in [-0.15, -0.1) is 0 Å². The molecule has 0 saturated carbocycles. The second kappa shape index (κ2) is 6.77. The third-order valence-corrected chi connectivity index (χ3v) is 2.32. The van der Waals surface area contributed by atoms with E-state index in [9.17, 15) is 9.59 Å². The van der Waals surface area contributed by atoms with Crippen molar-refractivity contribution >= 4 is 11.8 Å². The van der Waals surface area contributed by atoms with E-state index in [1.165, 1.54) is 0 Å². The summed E-state index contributed by atoms with van der Waals surface area (Å²) in [5.74, 6) is -0.836. The highest BCUT2D eigenvalue weighted by atomic mass is 16.2. The fraction of sp³-hybridized carbons (Fsp3) is 0.0714. The number of nitrogens with zero attached hydrogens (tertiary/aromatic N) is 1. The van der Waals surface area contributed by atoms with Crippen molar-refractivity contribution in [3.63, 3.8) is 0 Å². The number of nitriles is 1. The molecule has 0 radical (unpaired) electrons. The third kappa shape index (κ3) is 4.13. The van der Waals surface area contributed by atoms with Gasteiger partial charge in [-0.2, -0.15) is 5.26 Å². The monoisotopic (exact) mass is 255 g/mol. The van der Waals surface area contributed by atoms with Crippen molar-refractivity contribution in [2.75, 3.05) is 0 Å². The second-order valence-electron chi connectivity index (χ2n) is 3.59.